The number of amides is 1. The van der Waals surface area contributed by atoms with Crippen LogP contribution >= 0.6 is 12.8 Å². The maximum absolute atomic E-state index is 12.6. The van der Waals surface area contributed by atoms with Crippen LogP contribution in [0.4, 0.5) is 13.2 Å². The van der Waals surface area contributed by atoms with E-state index in [0.717, 1.165) is 19.2 Å². The lowest BCUT2D eigenvalue weighted by atomic mass is 10.0. The summed E-state index contributed by atoms with van der Waals surface area (Å²) >= 11 is 3.40. The highest BCUT2D eigenvalue weighted by molar-refractivity contribution is 7.78. The van der Waals surface area contributed by atoms with Crippen LogP contribution in [0.5, 0.6) is 0 Å². The van der Waals surface area contributed by atoms with Gasteiger partial charge in [0.25, 0.3) is 5.91 Å². The number of thiol groups is 1. The summed E-state index contributed by atoms with van der Waals surface area (Å²) < 4.78 is 44.1. The Kier molecular flexibility index (Phi) is 4.23. The van der Waals surface area contributed by atoms with Crippen molar-refractivity contribution in [2.45, 2.75) is 6.18 Å². The second-order valence-corrected chi connectivity index (χ2v) is 3.41. The molecule has 0 fully saturated rings. The molecule has 0 aliphatic rings. The number of carbonyl (C=O) groups excluding carboxylic acids is 2. The van der Waals surface area contributed by atoms with Crippen LogP contribution in [-0.4, -0.2) is 19.0 Å². The minimum Gasteiger partial charge on any atom is -0.465 e. The van der Waals surface area contributed by atoms with Crippen LogP contribution in [0.15, 0.2) is 18.2 Å². The third-order valence-electron chi connectivity index (χ3n) is 2.09. The van der Waals surface area contributed by atoms with Gasteiger partial charge in [-0.25, -0.2) is 4.79 Å². The monoisotopic (exact) mass is 279 g/mol. The molecule has 0 aliphatic heterocycles. The highest BCUT2D eigenvalue weighted by atomic mass is 32.1. The number of hydrogen-bond donors (Lipinski definition) is 2. The van der Waals surface area contributed by atoms with Crippen molar-refractivity contribution >= 4 is 24.7 Å². The molecule has 1 amide bonds. The fourth-order valence-electron chi connectivity index (χ4n) is 1.28. The van der Waals surface area contributed by atoms with Gasteiger partial charge in [-0.15, -0.1) is 0 Å². The zero-order valence-corrected chi connectivity index (χ0v) is 9.93. The summed E-state index contributed by atoms with van der Waals surface area (Å²) in [6, 6.07) is 2.38. The van der Waals surface area contributed by atoms with Crippen molar-refractivity contribution < 1.29 is 27.5 Å². The molecular weight excluding hydrogens is 271 g/mol. The van der Waals surface area contributed by atoms with E-state index in [4.69, 9.17) is 0 Å². The maximum Gasteiger partial charge on any atom is 0.417 e. The second kappa shape index (κ2) is 5.30. The molecule has 0 atom stereocenters. The van der Waals surface area contributed by atoms with E-state index in [9.17, 15) is 22.8 Å². The van der Waals surface area contributed by atoms with E-state index >= 15 is 0 Å². The van der Waals surface area contributed by atoms with Crippen molar-refractivity contribution in [2.24, 2.45) is 0 Å². The van der Waals surface area contributed by atoms with Gasteiger partial charge in [-0.1, -0.05) is 12.8 Å². The van der Waals surface area contributed by atoms with Gasteiger partial charge in [-0.05, 0) is 18.2 Å². The van der Waals surface area contributed by atoms with Crippen LogP contribution in [-0.2, 0) is 10.9 Å². The van der Waals surface area contributed by atoms with Crippen LogP contribution < -0.4 is 4.72 Å². The van der Waals surface area contributed by atoms with Gasteiger partial charge >= 0.3 is 12.1 Å². The molecule has 0 bridgehead atoms. The minimum absolute atomic E-state index is 0.155. The molecule has 0 heterocycles. The molecule has 1 aromatic rings. The fraction of sp³-hybridized carbons (Fsp3) is 0.200. The first-order valence-corrected chi connectivity index (χ1v) is 5.00. The molecule has 1 aromatic carbocycles. The summed E-state index contributed by atoms with van der Waals surface area (Å²) in [5.74, 6) is -1.90. The number of benzene rings is 1. The van der Waals surface area contributed by atoms with Crippen LogP contribution in [0, 0.1) is 0 Å². The maximum atomic E-state index is 12.6. The van der Waals surface area contributed by atoms with Crippen molar-refractivity contribution in [3.05, 3.63) is 34.9 Å². The number of alkyl halides is 3. The summed E-state index contributed by atoms with van der Waals surface area (Å²) in [7, 11) is 1.08. The van der Waals surface area contributed by atoms with Crippen LogP contribution in [0.3, 0.4) is 0 Å². The highest BCUT2D eigenvalue weighted by Gasteiger charge is 2.35. The topological polar surface area (TPSA) is 55.4 Å². The Balaban J connectivity index is 3.39. The van der Waals surface area contributed by atoms with Crippen LogP contribution in [0.2, 0.25) is 0 Å². The average Bonchev–Trinajstić information content (AvgIpc) is 2.35. The summed E-state index contributed by atoms with van der Waals surface area (Å²) in [5, 5.41) is 0. The van der Waals surface area contributed by atoms with Gasteiger partial charge in [0.1, 0.15) is 0 Å². The number of halogens is 3. The van der Waals surface area contributed by atoms with Gasteiger partial charge in [-0.3, -0.25) is 9.52 Å². The molecule has 8 heteroatoms. The van der Waals surface area contributed by atoms with E-state index in [-0.39, 0.29) is 5.56 Å². The van der Waals surface area contributed by atoms with E-state index < -0.39 is 29.2 Å². The standard InChI is InChI=1S/C10H8F3NO3S/c1-17-9(16)5-2-3-7(10(11,12)13)6(4-5)8(15)14-18/h2-4,18H,1H3,(H,14,15). The van der Waals surface area contributed by atoms with Gasteiger partial charge in [0.05, 0.1) is 23.8 Å². The van der Waals surface area contributed by atoms with E-state index in [1.807, 2.05) is 0 Å². The molecule has 98 valence electrons. The lowest BCUT2D eigenvalue weighted by molar-refractivity contribution is -0.137. The lowest BCUT2D eigenvalue weighted by Gasteiger charge is -2.12. The lowest BCUT2D eigenvalue weighted by Crippen LogP contribution is -2.20. The van der Waals surface area contributed by atoms with E-state index in [2.05, 4.69) is 17.6 Å². The Bertz CT molecular complexity index is 488. The summed E-state index contributed by atoms with van der Waals surface area (Å²) in [4.78, 5) is 22.5. The normalized spacial score (nSPS) is 10.9. The Labute approximate surface area is 106 Å². The number of nitrogens with one attached hydrogen (secondary N) is 1. The van der Waals surface area contributed by atoms with Gasteiger partial charge in [0.15, 0.2) is 0 Å². The van der Waals surface area contributed by atoms with Gasteiger partial charge < -0.3 is 4.74 Å². The molecule has 1 rings (SSSR count). The first-order valence-electron chi connectivity index (χ1n) is 4.55. The molecule has 0 aliphatic carbocycles. The van der Waals surface area contributed by atoms with Crippen molar-refractivity contribution in [3.63, 3.8) is 0 Å². The highest BCUT2D eigenvalue weighted by Crippen LogP contribution is 2.32. The number of ether oxygens (including phenoxy) is 1. The SMILES string of the molecule is COC(=O)c1ccc(C(F)(F)F)c(C(=O)NS)c1. The fourth-order valence-corrected chi connectivity index (χ4v) is 1.40. The van der Waals surface area contributed by atoms with E-state index in [1.165, 1.54) is 0 Å². The molecule has 0 aromatic heterocycles. The molecule has 18 heavy (non-hydrogen) atoms. The van der Waals surface area contributed by atoms with Crippen molar-refractivity contribution in [3.8, 4) is 0 Å². The number of hydrogen-bond acceptors (Lipinski definition) is 4. The first kappa shape index (κ1) is 14.4. The average molecular weight is 279 g/mol. The van der Waals surface area contributed by atoms with Gasteiger partial charge in [0.2, 0.25) is 0 Å². The number of esters is 1. The molecule has 0 saturated carbocycles. The largest absolute Gasteiger partial charge is 0.465 e. The number of carbonyl (C=O) groups is 2. The Hall–Kier alpha value is -1.70. The third kappa shape index (κ3) is 2.95. The summed E-state index contributed by atoms with van der Waals surface area (Å²) in [5.41, 5.74) is -2.00. The third-order valence-corrected chi connectivity index (χ3v) is 2.30. The molecule has 1 N–H and O–H groups in total. The molecule has 0 unspecified atom stereocenters. The zero-order chi connectivity index (χ0) is 13.9. The zero-order valence-electron chi connectivity index (χ0n) is 9.04. The Morgan fingerprint density at radius 1 is 1.33 bits per heavy atom. The Morgan fingerprint density at radius 3 is 2.39 bits per heavy atom. The van der Waals surface area contributed by atoms with Gasteiger partial charge in [0, 0.05) is 0 Å². The predicted molar refractivity (Wildman–Crippen MR) is 59.2 cm³/mol. The van der Waals surface area contributed by atoms with E-state index in [1.54, 1.807) is 4.72 Å². The van der Waals surface area contributed by atoms with Gasteiger partial charge in [-0.2, -0.15) is 13.2 Å². The van der Waals surface area contributed by atoms with E-state index in [0.29, 0.717) is 6.07 Å². The van der Waals surface area contributed by atoms with Crippen molar-refractivity contribution in [1.82, 2.24) is 4.72 Å². The molecule has 0 radical (unpaired) electrons. The van der Waals surface area contributed by atoms with Crippen molar-refractivity contribution in [2.75, 3.05) is 7.11 Å². The van der Waals surface area contributed by atoms with Crippen molar-refractivity contribution in [1.29, 1.82) is 0 Å². The molecular formula is C10H8F3NO3S. The molecule has 0 spiro atoms. The smallest absolute Gasteiger partial charge is 0.417 e. The minimum atomic E-state index is -4.70. The summed E-state index contributed by atoms with van der Waals surface area (Å²) in [6.45, 7) is 0. The second-order valence-electron chi connectivity index (χ2n) is 3.19. The predicted octanol–water partition coefficient (Wildman–Crippen LogP) is 2.07. The summed E-state index contributed by atoms with van der Waals surface area (Å²) in [6.07, 6.45) is -4.70. The number of methoxy groups -OCH3 is 1. The number of rotatable bonds is 2. The van der Waals surface area contributed by atoms with Crippen LogP contribution in [0.1, 0.15) is 26.3 Å². The molecule has 0 saturated heterocycles. The first-order chi connectivity index (χ1) is 8.31. The quantitative estimate of drug-likeness (QED) is 0.643. The Morgan fingerprint density at radius 2 is 1.94 bits per heavy atom. The molecule has 4 nitrogen and oxygen atoms in total. The van der Waals surface area contributed by atoms with Crippen LogP contribution in [0.25, 0.3) is 0 Å².